The highest BCUT2D eigenvalue weighted by Crippen LogP contribution is 2.77. The zero-order chi connectivity index (χ0) is 23.9. The van der Waals surface area contributed by atoms with E-state index in [1.165, 1.54) is 17.6 Å². The van der Waals surface area contributed by atoms with Crippen molar-refractivity contribution in [2.45, 2.75) is 68.7 Å². The molecule has 6 rings (SSSR count). The maximum absolute atomic E-state index is 13.5. The molecule has 4 fully saturated rings. The number of hydrogen-bond acceptors (Lipinski definition) is 6. The first kappa shape index (κ1) is 22.7. The lowest BCUT2D eigenvalue weighted by Gasteiger charge is -2.56. The number of benzene rings is 1. The summed E-state index contributed by atoms with van der Waals surface area (Å²) >= 11 is 1.25. The molecule has 1 saturated heterocycles. The predicted octanol–water partition coefficient (Wildman–Crippen LogP) is 4.70. The molecule has 1 heterocycles. The minimum Gasteiger partial charge on any atom is -0.388 e. The lowest BCUT2D eigenvalue weighted by molar-refractivity contribution is -0.156. The average molecular weight is 481 g/mol. The molecule has 0 aromatic heterocycles. The van der Waals surface area contributed by atoms with Crippen molar-refractivity contribution in [1.82, 2.24) is 0 Å². The van der Waals surface area contributed by atoms with Crippen molar-refractivity contribution >= 4 is 23.6 Å². The molecule has 180 valence electrons. The summed E-state index contributed by atoms with van der Waals surface area (Å²) in [7, 11) is 0. The Labute approximate surface area is 205 Å². The maximum Gasteiger partial charge on any atom is 0.192 e. The summed E-state index contributed by atoms with van der Waals surface area (Å²) in [6, 6.07) is 9.82. The summed E-state index contributed by atoms with van der Waals surface area (Å²) in [5, 5.41) is 10.1. The molecule has 1 aromatic carbocycles. The van der Waals surface area contributed by atoms with Gasteiger partial charge in [-0.25, -0.2) is 0 Å². The van der Waals surface area contributed by atoms with Gasteiger partial charge in [0.1, 0.15) is 12.2 Å². The number of aliphatic hydroxyl groups excluding tert-OH is 1. The van der Waals surface area contributed by atoms with Crippen molar-refractivity contribution in [1.29, 1.82) is 0 Å². The number of carbonyl (C=O) groups is 2. The summed E-state index contributed by atoms with van der Waals surface area (Å²) in [6.07, 6.45) is 8.98. The Bertz CT molecular complexity index is 1110. The SMILES string of the molecule is C[C@H]1C[C@H]2[C@@H]3CCC4=CC(=O)C=C[C@]4(C)[C@@]34O[C@H]4C[C@]2(C)[C@@]1(OSc1ccccc1)C(=O)CO. The summed E-state index contributed by atoms with van der Waals surface area (Å²) in [6.45, 7) is 6.00. The van der Waals surface area contributed by atoms with Gasteiger partial charge < -0.3 is 9.84 Å². The lowest BCUT2D eigenvalue weighted by Crippen LogP contribution is -2.62. The minimum atomic E-state index is -1.08. The van der Waals surface area contributed by atoms with E-state index in [2.05, 4.69) is 26.8 Å². The Morgan fingerprint density at radius 1 is 1.24 bits per heavy atom. The van der Waals surface area contributed by atoms with Gasteiger partial charge in [0.25, 0.3) is 0 Å². The highest BCUT2D eigenvalue weighted by atomic mass is 32.2. The van der Waals surface area contributed by atoms with Crippen molar-refractivity contribution in [3.05, 3.63) is 54.1 Å². The van der Waals surface area contributed by atoms with Crippen LogP contribution < -0.4 is 0 Å². The van der Waals surface area contributed by atoms with Crippen LogP contribution in [-0.2, 0) is 18.5 Å². The van der Waals surface area contributed by atoms with Gasteiger partial charge in [0.2, 0.25) is 0 Å². The van der Waals surface area contributed by atoms with Crippen molar-refractivity contribution in [3.63, 3.8) is 0 Å². The number of aliphatic hydroxyl groups is 1. The van der Waals surface area contributed by atoms with Crippen LogP contribution in [0.1, 0.15) is 46.5 Å². The highest BCUT2D eigenvalue weighted by molar-refractivity contribution is 7.94. The molecule has 8 atom stereocenters. The van der Waals surface area contributed by atoms with Crippen LogP contribution in [0.5, 0.6) is 0 Å². The lowest BCUT2D eigenvalue weighted by atomic mass is 9.46. The Balaban J connectivity index is 1.40. The fraction of sp³-hybridized carbons (Fsp3) is 0.571. The largest absolute Gasteiger partial charge is 0.388 e. The number of Topliss-reactive ketones (excluding diaryl/α,β-unsaturated/α-hetero) is 1. The number of allylic oxidation sites excluding steroid dienone is 2. The number of fused-ring (bicyclic) bond motifs is 3. The molecule has 0 bridgehead atoms. The minimum absolute atomic E-state index is 0.00629. The molecule has 0 amide bonds. The van der Waals surface area contributed by atoms with Crippen LogP contribution >= 0.6 is 12.0 Å². The van der Waals surface area contributed by atoms with Crippen LogP contribution in [0.4, 0.5) is 0 Å². The Hall–Kier alpha value is -1.73. The molecule has 5 nitrogen and oxygen atoms in total. The normalized spacial score (nSPS) is 46.1. The quantitative estimate of drug-likeness (QED) is 0.487. The van der Waals surface area contributed by atoms with E-state index in [-0.39, 0.29) is 46.4 Å². The number of hydrogen-bond donors (Lipinski definition) is 1. The third kappa shape index (κ3) is 2.63. The number of ether oxygens (including phenoxy) is 1. The molecule has 5 aliphatic rings. The fourth-order valence-corrected chi connectivity index (χ4v) is 9.44. The van der Waals surface area contributed by atoms with Crippen LogP contribution in [0, 0.1) is 28.6 Å². The summed E-state index contributed by atoms with van der Waals surface area (Å²) in [4.78, 5) is 26.6. The maximum atomic E-state index is 13.5. The number of rotatable bonds is 5. The fourth-order valence-electron chi connectivity index (χ4n) is 8.49. The summed E-state index contributed by atoms with van der Waals surface area (Å²) in [5.41, 5.74) is -0.953. The van der Waals surface area contributed by atoms with Crippen LogP contribution in [0.25, 0.3) is 0 Å². The summed E-state index contributed by atoms with van der Waals surface area (Å²) in [5.74, 6) is 0.317. The van der Waals surface area contributed by atoms with E-state index >= 15 is 0 Å². The number of ketones is 2. The van der Waals surface area contributed by atoms with Gasteiger partial charge in [0.15, 0.2) is 17.2 Å². The zero-order valence-corrected chi connectivity index (χ0v) is 20.8. The average Bonchev–Trinajstić information content (AvgIpc) is 3.50. The zero-order valence-electron chi connectivity index (χ0n) is 20.0. The van der Waals surface area contributed by atoms with Gasteiger partial charge in [-0.15, -0.1) is 0 Å². The van der Waals surface area contributed by atoms with E-state index in [0.717, 1.165) is 24.2 Å². The molecule has 1 spiro atoms. The van der Waals surface area contributed by atoms with Gasteiger partial charge in [-0.2, -0.15) is 0 Å². The third-order valence-electron chi connectivity index (χ3n) is 10.0. The molecule has 6 heteroatoms. The Morgan fingerprint density at radius 3 is 2.74 bits per heavy atom. The monoisotopic (exact) mass is 480 g/mol. The van der Waals surface area contributed by atoms with Crippen LogP contribution in [0.15, 0.2) is 59.0 Å². The molecule has 0 unspecified atom stereocenters. The molecule has 0 radical (unpaired) electrons. The first-order chi connectivity index (χ1) is 16.2. The summed E-state index contributed by atoms with van der Waals surface area (Å²) < 4.78 is 13.2. The first-order valence-corrected chi connectivity index (χ1v) is 13.1. The van der Waals surface area contributed by atoms with E-state index < -0.39 is 17.6 Å². The number of carbonyl (C=O) groups excluding carboxylic acids is 2. The molecule has 4 aliphatic carbocycles. The van der Waals surface area contributed by atoms with Gasteiger partial charge in [-0.3, -0.25) is 13.8 Å². The molecule has 1 aromatic rings. The second-order valence-electron chi connectivity index (χ2n) is 11.3. The topological polar surface area (TPSA) is 76.1 Å². The molecule has 1 N–H and O–H groups in total. The van der Waals surface area contributed by atoms with Gasteiger partial charge in [-0.1, -0.05) is 43.7 Å². The number of epoxide rings is 1. The van der Waals surface area contributed by atoms with E-state index in [9.17, 15) is 14.7 Å². The predicted molar refractivity (Wildman–Crippen MR) is 129 cm³/mol. The highest BCUT2D eigenvalue weighted by Gasteiger charge is 2.82. The van der Waals surface area contributed by atoms with Crippen LogP contribution in [-0.4, -0.2) is 40.6 Å². The van der Waals surface area contributed by atoms with Crippen LogP contribution in [0.2, 0.25) is 0 Å². The van der Waals surface area contributed by atoms with Crippen molar-refractivity contribution in [3.8, 4) is 0 Å². The van der Waals surface area contributed by atoms with Gasteiger partial charge in [0.05, 0.1) is 6.10 Å². The second-order valence-corrected chi connectivity index (χ2v) is 12.1. The van der Waals surface area contributed by atoms with E-state index in [1.807, 2.05) is 36.4 Å². The van der Waals surface area contributed by atoms with Crippen molar-refractivity contribution < 1.29 is 23.6 Å². The molecular weight excluding hydrogens is 448 g/mol. The molecule has 34 heavy (non-hydrogen) atoms. The molecule has 3 saturated carbocycles. The van der Waals surface area contributed by atoms with E-state index in [4.69, 9.17) is 8.92 Å². The smallest absolute Gasteiger partial charge is 0.192 e. The van der Waals surface area contributed by atoms with Crippen molar-refractivity contribution in [2.75, 3.05) is 6.61 Å². The van der Waals surface area contributed by atoms with E-state index in [1.54, 1.807) is 6.08 Å². The van der Waals surface area contributed by atoms with Gasteiger partial charge in [-0.05, 0) is 74.6 Å². The standard InChI is InChI=1S/C28H32O5S/c1-17-13-22-21-10-9-18-14-19(30)11-12-25(18,2)28(21)24(32-28)15-26(22,3)27(17,23(31)16-29)33-34-20-7-5-4-6-8-20/h4-8,11-12,14,17,21-22,24,29H,9-10,13,15-16H2,1-3H3/t17-,21-,22-,24-,25-,26-,27-,28+/m0/s1. The Morgan fingerprint density at radius 2 is 2.00 bits per heavy atom. The van der Waals surface area contributed by atoms with Gasteiger partial charge in [0, 0.05) is 27.8 Å². The first-order valence-electron chi connectivity index (χ1n) is 12.4. The van der Waals surface area contributed by atoms with Crippen molar-refractivity contribution in [2.24, 2.45) is 28.6 Å². The Kier molecular flexibility index (Phi) is 4.94. The molecular formula is C28H32O5S. The second kappa shape index (κ2) is 7.39. The third-order valence-corrected chi connectivity index (χ3v) is 10.9. The molecule has 1 aliphatic heterocycles. The van der Waals surface area contributed by atoms with E-state index in [0.29, 0.717) is 6.42 Å². The van der Waals surface area contributed by atoms with Crippen LogP contribution in [0.3, 0.4) is 0 Å². The van der Waals surface area contributed by atoms with Gasteiger partial charge >= 0.3 is 0 Å².